The van der Waals surface area contributed by atoms with E-state index >= 15 is 0 Å². The van der Waals surface area contributed by atoms with Crippen LogP contribution in [0.1, 0.15) is 17.3 Å². The number of hydrogen-bond acceptors (Lipinski definition) is 9. The van der Waals surface area contributed by atoms with E-state index in [-0.39, 0.29) is 11.8 Å². The van der Waals surface area contributed by atoms with Gasteiger partial charge in [-0.25, -0.2) is 4.98 Å². The molecular formula is C29H29N3O6S2. The third-order valence-electron chi connectivity index (χ3n) is 5.84. The number of nitrogens with one attached hydrogen (secondary N) is 2. The zero-order chi connectivity index (χ0) is 28.6. The van der Waals surface area contributed by atoms with Crippen LogP contribution in [-0.4, -0.2) is 50.5 Å². The molecule has 2 N–H and O–H groups in total. The van der Waals surface area contributed by atoms with Crippen LogP contribution in [0.2, 0.25) is 0 Å². The van der Waals surface area contributed by atoms with Crippen molar-refractivity contribution in [2.45, 2.75) is 17.1 Å². The van der Waals surface area contributed by atoms with Gasteiger partial charge >= 0.3 is 0 Å². The van der Waals surface area contributed by atoms with Crippen LogP contribution in [0.4, 0.5) is 10.8 Å². The first-order valence-corrected chi connectivity index (χ1v) is 13.9. The maximum atomic E-state index is 13.0. The smallest absolute Gasteiger partial charge is 0.263 e. The molecule has 1 atom stereocenters. The van der Waals surface area contributed by atoms with Gasteiger partial charge in [-0.1, -0.05) is 12.1 Å². The van der Waals surface area contributed by atoms with Crippen molar-refractivity contribution in [3.63, 3.8) is 0 Å². The number of benzene rings is 3. The molecule has 0 aliphatic carbocycles. The number of carbonyl (C=O) groups is 2. The Morgan fingerprint density at radius 3 is 2.17 bits per heavy atom. The molecule has 9 nitrogen and oxygen atoms in total. The van der Waals surface area contributed by atoms with Crippen molar-refractivity contribution in [1.82, 2.24) is 4.98 Å². The van der Waals surface area contributed by atoms with Crippen LogP contribution in [0.25, 0.3) is 11.3 Å². The second-order valence-corrected chi connectivity index (χ2v) is 10.6. The predicted octanol–water partition coefficient (Wildman–Crippen LogP) is 6.22. The standard InChI is InChI=1S/C29H29N3O6S2/c1-17(27(33)32-29-31-21(16-39-29)18-12-13-22(35-2)25(14-18)38-5)40-20-9-6-8-19(15-20)30-28(34)26-23(36-3)10-7-11-24(26)37-4/h6-17H,1-5H3,(H,30,34)(H,31,32,33). The number of anilines is 2. The lowest BCUT2D eigenvalue weighted by atomic mass is 10.1. The Bertz CT molecular complexity index is 1480. The first-order chi connectivity index (χ1) is 19.4. The van der Waals surface area contributed by atoms with Gasteiger partial charge in [0.2, 0.25) is 5.91 Å². The van der Waals surface area contributed by atoms with Crippen molar-refractivity contribution in [2.75, 3.05) is 39.1 Å². The van der Waals surface area contributed by atoms with Crippen molar-refractivity contribution in [1.29, 1.82) is 0 Å². The number of rotatable bonds is 11. The summed E-state index contributed by atoms with van der Waals surface area (Å²) < 4.78 is 21.3. The van der Waals surface area contributed by atoms with E-state index in [4.69, 9.17) is 18.9 Å². The summed E-state index contributed by atoms with van der Waals surface area (Å²) >= 11 is 2.71. The first-order valence-electron chi connectivity index (χ1n) is 12.1. The predicted molar refractivity (Wildman–Crippen MR) is 159 cm³/mol. The lowest BCUT2D eigenvalue weighted by molar-refractivity contribution is -0.115. The summed E-state index contributed by atoms with van der Waals surface area (Å²) in [5.41, 5.74) is 2.45. The van der Waals surface area contributed by atoms with E-state index in [2.05, 4.69) is 15.6 Å². The molecule has 1 unspecified atom stereocenters. The van der Waals surface area contributed by atoms with Gasteiger partial charge in [-0.3, -0.25) is 9.59 Å². The zero-order valence-electron chi connectivity index (χ0n) is 22.6. The quantitative estimate of drug-likeness (QED) is 0.202. The van der Waals surface area contributed by atoms with Crippen LogP contribution in [0, 0.1) is 0 Å². The fourth-order valence-electron chi connectivity index (χ4n) is 3.84. The average Bonchev–Trinajstić information content (AvgIpc) is 3.44. The molecule has 0 saturated carbocycles. The number of aromatic nitrogens is 1. The summed E-state index contributed by atoms with van der Waals surface area (Å²) in [7, 11) is 6.16. The number of amides is 2. The van der Waals surface area contributed by atoms with Crippen LogP contribution in [-0.2, 0) is 4.79 Å². The molecule has 208 valence electrons. The zero-order valence-corrected chi connectivity index (χ0v) is 24.3. The summed E-state index contributed by atoms with van der Waals surface area (Å²) in [5.74, 6) is 1.49. The van der Waals surface area contributed by atoms with Gasteiger partial charge in [0.25, 0.3) is 5.91 Å². The third kappa shape index (κ3) is 6.67. The lowest BCUT2D eigenvalue weighted by Gasteiger charge is -2.14. The van der Waals surface area contributed by atoms with E-state index in [9.17, 15) is 9.59 Å². The van der Waals surface area contributed by atoms with E-state index in [1.54, 1.807) is 38.5 Å². The molecule has 0 saturated heterocycles. The number of hydrogen-bond donors (Lipinski definition) is 2. The molecule has 1 heterocycles. The van der Waals surface area contributed by atoms with Gasteiger partial charge in [0.1, 0.15) is 17.1 Å². The minimum absolute atomic E-state index is 0.189. The Morgan fingerprint density at radius 1 is 0.825 bits per heavy atom. The Kier molecular flexibility index (Phi) is 9.52. The highest BCUT2D eigenvalue weighted by atomic mass is 32.2. The molecule has 4 rings (SSSR count). The number of nitrogens with zero attached hydrogens (tertiary/aromatic N) is 1. The Balaban J connectivity index is 1.40. The van der Waals surface area contributed by atoms with Crippen molar-refractivity contribution in [3.05, 3.63) is 71.6 Å². The molecule has 40 heavy (non-hydrogen) atoms. The summed E-state index contributed by atoms with van der Waals surface area (Å²) in [6.07, 6.45) is 0. The lowest BCUT2D eigenvalue weighted by Crippen LogP contribution is -2.22. The van der Waals surface area contributed by atoms with Crippen molar-refractivity contribution in [2.24, 2.45) is 0 Å². The van der Waals surface area contributed by atoms with Gasteiger partial charge in [-0.2, -0.15) is 0 Å². The topological polar surface area (TPSA) is 108 Å². The Hall–Kier alpha value is -4.22. The highest BCUT2D eigenvalue weighted by molar-refractivity contribution is 8.00. The normalized spacial score (nSPS) is 11.3. The van der Waals surface area contributed by atoms with E-state index in [0.29, 0.717) is 39.4 Å². The maximum absolute atomic E-state index is 13.0. The van der Waals surface area contributed by atoms with Crippen molar-refractivity contribution in [3.8, 4) is 34.3 Å². The largest absolute Gasteiger partial charge is 0.496 e. The molecule has 2 amide bonds. The van der Waals surface area contributed by atoms with Crippen LogP contribution < -0.4 is 29.6 Å². The molecular weight excluding hydrogens is 550 g/mol. The highest BCUT2D eigenvalue weighted by Crippen LogP contribution is 2.34. The molecule has 3 aromatic carbocycles. The average molecular weight is 580 g/mol. The molecule has 0 fully saturated rings. The molecule has 0 bridgehead atoms. The molecule has 11 heteroatoms. The maximum Gasteiger partial charge on any atom is 0.263 e. The molecule has 0 aliphatic heterocycles. The highest BCUT2D eigenvalue weighted by Gasteiger charge is 2.20. The molecule has 4 aromatic rings. The van der Waals surface area contributed by atoms with Crippen LogP contribution in [0.15, 0.2) is 70.9 Å². The van der Waals surface area contributed by atoms with Gasteiger partial charge < -0.3 is 29.6 Å². The van der Waals surface area contributed by atoms with E-state index in [1.165, 1.54) is 37.3 Å². The van der Waals surface area contributed by atoms with Gasteiger partial charge in [0.05, 0.1) is 39.4 Å². The molecule has 0 aliphatic rings. The number of methoxy groups -OCH3 is 4. The first kappa shape index (κ1) is 28.8. The molecule has 0 radical (unpaired) electrons. The van der Waals surface area contributed by atoms with E-state index in [0.717, 1.165) is 16.2 Å². The third-order valence-corrected chi connectivity index (χ3v) is 7.69. The minimum Gasteiger partial charge on any atom is -0.496 e. The summed E-state index contributed by atoms with van der Waals surface area (Å²) in [6.45, 7) is 1.81. The number of thioether (sulfide) groups is 1. The fraction of sp³-hybridized carbons (Fsp3) is 0.207. The van der Waals surface area contributed by atoms with Crippen LogP contribution >= 0.6 is 23.1 Å². The summed E-state index contributed by atoms with van der Waals surface area (Å²) in [4.78, 5) is 31.3. The van der Waals surface area contributed by atoms with Crippen molar-refractivity contribution < 1.29 is 28.5 Å². The fourth-order valence-corrected chi connectivity index (χ4v) is 5.49. The summed E-state index contributed by atoms with van der Waals surface area (Å²) in [6, 6.07) is 18.0. The second-order valence-electron chi connectivity index (χ2n) is 8.38. The number of carbonyl (C=O) groups excluding carboxylic acids is 2. The van der Waals surface area contributed by atoms with E-state index < -0.39 is 5.25 Å². The molecule has 1 aromatic heterocycles. The number of thiazole rings is 1. The summed E-state index contributed by atoms with van der Waals surface area (Å²) in [5, 5.41) is 7.72. The van der Waals surface area contributed by atoms with Gasteiger partial charge in [-0.05, 0) is 55.5 Å². The van der Waals surface area contributed by atoms with Gasteiger partial charge in [-0.15, -0.1) is 23.1 Å². The second kappa shape index (κ2) is 13.2. The van der Waals surface area contributed by atoms with Crippen LogP contribution in [0.3, 0.4) is 0 Å². The van der Waals surface area contributed by atoms with E-state index in [1.807, 2.05) is 48.7 Å². The van der Waals surface area contributed by atoms with Gasteiger partial charge in [0.15, 0.2) is 16.6 Å². The minimum atomic E-state index is -0.423. The van der Waals surface area contributed by atoms with Crippen molar-refractivity contribution >= 4 is 45.7 Å². The monoisotopic (exact) mass is 579 g/mol. The Morgan fingerprint density at radius 2 is 1.50 bits per heavy atom. The molecule has 0 spiro atoms. The van der Waals surface area contributed by atoms with Gasteiger partial charge in [0, 0.05) is 21.5 Å². The Labute approximate surface area is 240 Å². The number of ether oxygens (including phenoxy) is 4. The SMILES string of the molecule is COc1ccc(-c2csc(NC(=O)C(C)Sc3cccc(NC(=O)c4c(OC)cccc4OC)c3)n2)cc1OC. The van der Waals surface area contributed by atoms with Crippen LogP contribution in [0.5, 0.6) is 23.0 Å².